The molecular weight excluding hydrogens is 340 g/mol. The van der Waals surface area contributed by atoms with E-state index in [2.05, 4.69) is 10.0 Å². The van der Waals surface area contributed by atoms with Crippen LogP contribution in [0.3, 0.4) is 0 Å². The molecule has 8 heteroatoms. The summed E-state index contributed by atoms with van der Waals surface area (Å²) in [6, 6.07) is 11.2. The quantitative estimate of drug-likeness (QED) is 0.864. The lowest BCUT2D eigenvalue weighted by atomic mass is 10.2. The van der Waals surface area contributed by atoms with Gasteiger partial charge in [-0.15, -0.1) is 0 Å². The lowest BCUT2D eigenvalue weighted by Gasteiger charge is -2.10. The molecule has 0 unspecified atom stereocenters. The molecule has 2 rings (SSSR count). The summed E-state index contributed by atoms with van der Waals surface area (Å²) in [5, 5.41) is 2.84. The third-order valence-electron chi connectivity index (χ3n) is 2.85. The van der Waals surface area contributed by atoms with Crippen molar-refractivity contribution in [3.05, 3.63) is 53.1 Å². The Morgan fingerprint density at radius 2 is 1.91 bits per heavy atom. The van der Waals surface area contributed by atoms with Crippen LogP contribution in [0.1, 0.15) is 10.4 Å². The van der Waals surface area contributed by atoms with Crippen molar-refractivity contribution in [3.8, 4) is 5.75 Å². The van der Waals surface area contributed by atoms with Gasteiger partial charge in [-0.25, -0.2) is 8.42 Å². The molecule has 2 aromatic rings. The van der Waals surface area contributed by atoms with Crippen LogP contribution in [-0.4, -0.2) is 27.7 Å². The molecular formula is C15H15ClN2O4S. The Morgan fingerprint density at radius 3 is 2.52 bits per heavy atom. The molecule has 0 aliphatic heterocycles. The molecule has 0 saturated carbocycles. The second-order valence-electron chi connectivity index (χ2n) is 4.75. The first-order chi connectivity index (χ1) is 10.8. The highest BCUT2D eigenvalue weighted by Gasteiger charge is 2.11. The molecule has 0 aromatic heterocycles. The van der Waals surface area contributed by atoms with Crippen LogP contribution in [0.15, 0.2) is 42.5 Å². The van der Waals surface area contributed by atoms with Crippen LogP contribution in [0.25, 0.3) is 0 Å². The molecule has 122 valence electrons. The Bertz CT molecular complexity index is 837. The number of carbonyl (C=O) groups excluding carboxylic acids is 1. The fourth-order valence-electron chi connectivity index (χ4n) is 1.84. The molecule has 0 fully saturated rings. The first-order valence-corrected chi connectivity index (χ1v) is 8.78. The van der Waals surface area contributed by atoms with Gasteiger partial charge in [0, 0.05) is 17.3 Å². The second-order valence-corrected chi connectivity index (χ2v) is 6.91. The number of rotatable bonds is 5. The maximum absolute atomic E-state index is 12.2. The fourth-order valence-corrected chi connectivity index (χ4v) is 2.70. The average molecular weight is 355 g/mol. The number of ether oxygens (including phenoxy) is 1. The minimum atomic E-state index is -3.44. The van der Waals surface area contributed by atoms with Crippen molar-refractivity contribution in [3.63, 3.8) is 0 Å². The summed E-state index contributed by atoms with van der Waals surface area (Å²) in [7, 11) is -1.90. The zero-order valence-electron chi connectivity index (χ0n) is 12.5. The summed E-state index contributed by atoms with van der Waals surface area (Å²) in [5.74, 6) is 0.250. The van der Waals surface area contributed by atoms with E-state index < -0.39 is 10.0 Å². The summed E-state index contributed by atoms with van der Waals surface area (Å²) < 4.78 is 29.8. The van der Waals surface area contributed by atoms with Gasteiger partial charge in [0.25, 0.3) is 5.91 Å². The summed E-state index contributed by atoms with van der Waals surface area (Å²) >= 11 is 6.00. The highest BCUT2D eigenvalue weighted by atomic mass is 35.5. The Balaban J connectivity index is 2.18. The van der Waals surface area contributed by atoms with Crippen molar-refractivity contribution < 1.29 is 17.9 Å². The Labute approximate surface area is 139 Å². The largest absolute Gasteiger partial charge is 0.497 e. The number of carbonyl (C=O) groups is 1. The van der Waals surface area contributed by atoms with Gasteiger partial charge in [0.2, 0.25) is 10.0 Å². The molecule has 0 saturated heterocycles. The van der Waals surface area contributed by atoms with Crippen molar-refractivity contribution in [2.24, 2.45) is 0 Å². The fraction of sp³-hybridized carbons (Fsp3) is 0.133. The standard InChI is InChI=1S/C15H15ClN2O4S/c1-22-12-5-3-4-11(9-12)17-15(19)10-6-7-14(13(16)8-10)18-23(2,20)21/h3-9,18H,1-2H3,(H,17,19). The third-order valence-corrected chi connectivity index (χ3v) is 3.76. The van der Waals surface area contributed by atoms with Gasteiger partial charge >= 0.3 is 0 Å². The van der Waals surface area contributed by atoms with Crippen LogP contribution in [0.5, 0.6) is 5.75 Å². The summed E-state index contributed by atoms with van der Waals surface area (Å²) in [6.45, 7) is 0. The first-order valence-electron chi connectivity index (χ1n) is 6.51. The van der Waals surface area contributed by atoms with E-state index in [4.69, 9.17) is 16.3 Å². The summed E-state index contributed by atoms with van der Waals surface area (Å²) in [6.07, 6.45) is 1.02. The molecule has 0 aliphatic rings. The molecule has 0 radical (unpaired) electrons. The minimum absolute atomic E-state index is 0.133. The minimum Gasteiger partial charge on any atom is -0.497 e. The van der Waals surface area contributed by atoms with E-state index in [1.807, 2.05) is 0 Å². The molecule has 2 N–H and O–H groups in total. The van der Waals surface area contributed by atoms with Crippen molar-refractivity contribution in [1.29, 1.82) is 0 Å². The maximum Gasteiger partial charge on any atom is 0.255 e. The van der Waals surface area contributed by atoms with Crippen LogP contribution < -0.4 is 14.8 Å². The maximum atomic E-state index is 12.2. The van der Waals surface area contributed by atoms with Crippen molar-refractivity contribution >= 4 is 38.9 Å². The van der Waals surface area contributed by atoms with Crippen LogP contribution in [-0.2, 0) is 10.0 Å². The van der Waals surface area contributed by atoms with E-state index in [1.54, 1.807) is 24.3 Å². The molecule has 23 heavy (non-hydrogen) atoms. The molecule has 0 aliphatic carbocycles. The number of nitrogens with one attached hydrogen (secondary N) is 2. The van der Waals surface area contributed by atoms with Gasteiger partial charge in [-0.05, 0) is 30.3 Å². The normalized spacial score (nSPS) is 10.9. The van der Waals surface area contributed by atoms with E-state index in [9.17, 15) is 13.2 Å². The molecule has 0 bridgehead atoms. The van der Waals surface area contributed by atoms with Crippen molar-refractivity contribution in [2.45, 2.75) is 0 Å². The monoisotopic (exact) mass is 354 g/mol. The van der Waals surface area contributed by atoms with E-state index in [0.717, 1.165) is 6.26 Å². The molecule has 2 aromatic carbocycles. The predicted molar refractivity (Wildman–Crippen MR) is 90.9 cm³/mol. The lowest BCUT2D eigenvalue weighted by molar-refractivity contribution is 0.102. The van der Waals surface area contributed by atoms with Crippen LogP contribution in [0.2, 0.25) is 5.02 Å². The number of sulfonamides is 1. The zero-order chi connectivity index (χ0) is 17.0. The van der Waals surface area contributed by atoms with Gasteiger partial charge in [0.15, 0.2) is 0 Å². The van der Waals surface area contributed by atoms with Crippen LogP contribution in [0, 0.1) is 0 Å². The van der Waals surface area contributed by atoms with Gasteiger partial charge in [-0.2, -0.15) is 0 Å². The number of methoxy groups -OCH3 is 1. The molecule has 1 amide bonds. The number of hydrogen-bond donors (Lipinski definition) is 2. The molecule has 6 nitrogen and oxygen atoms in total. The highest BCUT2D eigenvalue weighted by molar-refractivity contribution is 7.92. The van der Waals surface area contributed by atoms with Crippen molar-refractivity contribution in [2.75, 3.05) is 23.4 Å². The van der Waals surface area contributed by atoms with Gasteiger partial charge in [-0.1, -0.05) is 17.7 Å². The molecule has 0 atom stereocenters. The van der Waals surface area contributed by atoms with E-state index in [0.29, 0.717) is 17.0 Å². The highest BCUT2D eigenvalue weighted by Crippen LogP contribution is 2.25. The summed E-state index contributed by atoms with van der Waals surface area (Å²) in [4.78, 5) is 12.2. The first kappa shape index (κ1) is 17.1. The zero-order valence-corrected chi connectivity index (χ0v) is 14.0. The van der Waals surface area contributed by atoms with Crippen LogP contribution >= 0.6 is 11.6 Å². The number of amides is 1. The topological polar surface area (TPSA) is 84.5 Å². The van der Waals surface area contributed by atoms with E-state index >= 15 is 0 Å². The molecule has 0 heterocycles. The van der Waals surface area contributed by atoms with Crippen molar-refractivity contribution in [1.82, 2.24) is 0 Å². The summed E-state index contributed by atoms with van der Waals surface area (Å²) in [5.41, 5.74) is 1.09. The van der Waals surface area contributed by atoms with Crippen LogP contribution in [0.4, 0.5) is 11.4 Å². The van der Waals surface area contributed by atoms with Gasteiger partial charge < -0.3 is 10.1 Å². The Kier molecular flexibility index (Phi) is 5.12. The van der Waals surface area contributed by atoms with E-state index in [-0.39, 0.29) is 16.6 Å². The predicted octanol–water partition coefficient (Wildman–Crippen LogP) is 2.97. The van der Waals surface area contributed by atoms with Gasteiger partial charge in [0.1, 0.15) is 5.75 Å². The van der Waals surface area contributed by atoms with Gasteiger partial charge in [0.05, 0.1) is 24.1 Å². The third kappa shape index (κ3) is 4.87. The SMILES string of the molecule is COc1cccc(NC(=O)c2ccc(NS(C)(=O)=O)c(Cl)c2)c1. The number of halogens is 1. The Morgan fingerprint density at radius 1 is 1.17 bits per heavy atom. The second kappa shape index (κ2) is 6.89. The smallest absolute Gasteiger partial charge is 0.255 e. The molecule has 0 spiro atoms. The average Bonchev–Trinajstić information content (AvgIpc) is 2.48. The van der Waals surface area contributed by atoms with E-state index in [1.165, 1.54) is 25.3 Å². The Hall–Kier alpha value is -2.25. The number of benzene rings is 2. The number of hydrogen-bond acceptors (Lipinski definition) is 4. The lowest BCUT2D eigenvalue weighted by Crippen LogP contribution is -2.13. The van der Waals surface area contributed by atoms with Gasteiger partial charge in [-0.3, -0.25) is 9.52 Å². The number of anilines is 2.